The van der Waals surface area contributed by atoms with E-state index in [2.05, 4.69) is 0 Å². The summed E-state index contributed by atoms with van der Waals surface area (Å²) in [6.07, 6.45) is 0. The van der Waals surface area contributed by atoms with Crippen LogP contribution in [0.3, 0.4) is 0 Å². The van der Waals surface area contributed by atoms with Gasteiger partial charge < -0.3 is 19.7 Å². The lowest BCUT2D eigenvalue weighted by Crippen LogP contribution is -1.93. The van der Waals surface area contributed by atoms with Crippen molar-refractivity contribution in [1.82, 2.24) is 0 Å². The number of hydrogen-bond acceptors (Lipinski definition) is 4. The molecule has 0 radical (unpaired) electrons. The number of fused-ring (bicyclic) bond motifs is 1. The first-order chi connectivity index (χ1) is 5.29. The molecule has 1 aromatic carbocycles. The summed E-state index contributed by atoms with van der Waals surface area (Å²) >= 11 is 0. The SMILES string of the molecule is Oc1ccc2c(c1O)OCO2. The molecule has 0 saturated carbocycles. The van der Waals surface area contributed by atoms with Crippen LogP contribution < -0.4 is 9.47 Å². The van der Waals surface area contributed by atoms with Crippen LogP contribution in [0.4, 0.5) is 0 Å². The standard InChI is InChI=1S/C7H6O4/c8-4-1-2-5-7(6(4)9)11-3-10-5/h1-2,8-9H,3H2. The summed E-state index contributed by atoms with van der Waals surface area (Å²) in [5.74, 6) is 0.208. The van der Waals surface area contributed by atoms with Crippen molar-refractivity contribution in [3.63, 3.8) is 0 Å². The molecule has 1 aromatic rings. The first-order valence-electron chi connectivity index (χ1n) is 3.09. The Bertz CT molecular complexity index is 295. The van der Waals surface area contributed by atoms with E-state index >= 15 is 0 Å². The van der Waals surface area contributed by atoms with Gasteiger partial charge in [-0.2, -0.15) is 0 Å². The van der Waals surface area contributed by atoms with Gasteiger partial charge in [0.1, 0.15) is 0 Å². The number of phenolic OH excluding ortho intramolecular Hbond substituents is 2. The summed E-state index contributed by atoms with van der Waals surface area (Å²) in [5, 5.41) is 18.2. The highest BCUT2D eigenvalue weighted by atomic mass is 16.7. The maximum absolute atomic E-state index is 9.16. The maximum atomic E-state index is 9.16. The molecule has 0 saturated heterocycles. The molecule has 1 heterocycles. The van der Waals surface area contributed by atoms with E-state index < -0.39 is 0 Å². The van der Waals surface area contributed by atoms with E-state index in [1.165, 1.54) is 12.1 Å². The molecule has 0 fully saturated rings. The average molecular weight is 154 g/mol. The number of phenols is 2. The van der Waals surface area contributed by atoms with Crippen LogP contribution in [0.2, 0.25) is 0 Å². The molecule has 4 nitrogen and oxygen atoms in total. The molecule has 11 heavy (non-hydrogen) atoms. The Balaban J connectivity index is 2.62. The van der Waals surface area contributed by atoms with E-state index in [0.29, 0.717) is 5.75 Å². The number of benzene rings is 1. The molecule has 0 aliphatic carbocycles. The van der Waals surface area contributed by atoms with Crippen molar-refractivity contribution in [2.45, 2.75) is 0 Å². The highest BCUT2D eigenvalue weighted by Crippen LogP contribution is 2.45. The molecule has 0 spiro atoms. The zero-order valence-electron chi connectivity index (χ0n) is 5.57. The van der Waals surface area contributed by atoms with Crippen LogP contribution in [0.1, 0.15) is 0 Å². The Labute approximate surface area is 62.6 Å². The second-order valence-corrected chi connectivity index (χ2v) is 2.17. The van der Waals surface area contributed by atoms with Gasteiger partial charge in [0.2, 0.25) is 18.3 Å². The number of ether oxygens (including phenoxy) is 2. The van der Waals surface area contributed by atoms with Gasteiger partial charge in [-0.3, -0.25) is 0 Å². The Morgan fingerprint density at radius 3 is 2.82 bits per heavy atom. The van der Waals surface area contributed by atoms with Gasteiger partial charge in [-0.05, 0) is 12.1 Å². The van der Waals surface area contributed by atoms with Crippen molar-refractivity contribution in [3.05, 3.63) is 12.1 Å². The second-order valence-electron chi connectivity index (χ2n) is 2.17. The Hall–Kier alpha value is -1.58. The minimum Gasteiger partial charge on any atom is -0.504 e. The number of aromatic hydroxyl groups is 2. The van der Waals surface area contributed by atoms with Crippen LogP contribution in [0.25, 0.3) is 0 Å². The maximum Gasteiger partial charge on any atom is 0.231 e. The molecule has 2 rings (SSSR count). The van der Waals surface area contributed by atoms with Crippen LogP contribution in [0, 0.1) is 0 Å². The molecule has 1 aliphatic rings. The first kappa shape index (κ1) is 6.15. The molecular formula is C7H6O4. The molecule has 0 unspecified atom stereocenters. The number of rotatable bonds is 0. The molecule has 2 N–H and O–H groups in total. The lowest BCUT2D eigenvalue weighted by molar-refractivity contribution is 0.171. The minimum absolute atomic E-state index is 0.0896. The van der Waals surface area contributed by atoms with Crippen molar-refractivity contribution in [2.24, 2.45) is 0 Å². The third-order valence-corrected chi connectivity index (χ3v) is 1.49. The molecule has 4 heteroatoms. The van der Waals surface area contributed by atoms with E-state index in [0.717, 1.165) is 0 Å². The van der Waals surface area contributed by atoms with Gasteiger partial charge in [0.15, 0.2) is 11.5 Å². The Kier molecular flexibility index (Phi) is 1.09. The van der Waals surface area contributed by atoms with Gasteiger partial charge in [-0.1, -0.05) is 0 Å². The first-order valence-corrected chi connectivity index (χ1v) is 3.09. The highest BCUT2D eigenvalue weighted by Gasteiger charge is 2.19. The molecule has 0 atom stereocenters. The van der Waals surface area contributed by atoms with Gasteiger partial charge in [0, 0.05) is 0 Å². The Morgan fingerprint density at radius 2 is 2.00 bits per heavy atom. The van der Waals surface area contributed by atoms with Crippen molar-refractivity contribution >= 4 is 0 Å². The molecule has 0 amide bonds. The lowest BCUT2D eigenvalue weighted by Gasteiger charge is -1.99. The summed E-state index contributed by atoms with van der Waals surface area (Å²) in [6, 6.07) is 2.89. The highest BCUT2D eigenvalue weighted by molar-refractivity contribution is 5.58. The van der Waals surface area contributed by atoms with E-state index in [1.807, 2.05) is 0 Å². The fourth-order valence-electron chi connectivity index (χ4n) is 0.947. The largest absolute Gasteiger partial charge is 0.504 e. The van der Waals surface area contributed by atoms with Gasteiger partial charge in [0.05, 0.1) is 0 Å². The summed E-state index contributed by atoms with van der Waals surface area (Å²) < 4.78 is 9.82. The monoisotopic (exact) mass is 154 g/mol. The smallest absolute Gasteiger partial charge is 0.231 e. The van der Waals surface area contributed by atoms with Crippen molar-refractivity contribution in [3.8, 4) is 23.0 Å². The molecule has 0 bridgehead atoms. The van der Waals surface area contributed by atoms with Crippen molar-refractivity contribution in [1.29, 1.82) is 0 Å². The quantitative estimate of drug-likeness (QED) is 0.543. The van der Waals surface area contributed by atoms with E-state index in [9.17, 15) is 0 Å². The summed E-state index contributed by atoms with van der Waals surface area (Å²) in [4.78, 5) is 0. The zero-order valence-corrected chi connectivity index (χ0v) is 5.57. The molecule has 0 aromatic heterocycles. The number of hydrogen-bond donors (Lipinski definition) is 2. The minimum atomic E-state index is -0.264. The summed E-state index contributed by atoms with van der Waals surface area (Å²) in [6.45, 7) is 0.0896. The van der Waals surface area contributed by atoms with Crippen LogP contribution in [-0.2, 0) is 0 Å². The Morgan fingerprint density at radius 1 is 1.18 bits per heavy atom. The fourth-order valence-corrected chi connectivity index (χ4v) is 0.947. The average Bonchev–Trinajstić information content (AvgIpc) is 2.45. The van der Waals surface area contributed by atoms with Gasteiger partial charge in [-0.25, -0.2) is 0 Å². The molecule has 58 valence electrons. The fraction of sp³-hybridized carbons (Fsp3) is 0.143. The van der Waals surface area contributed by atoms with E-state index in [4.69, 9.17) is 19.7 Å². The summed E-state index contributed by atoms with van der Waals surface area (Å²) in [7, 11) is 0. The predicted octanol–water partition coefficient (Wildman–Crippen LogP) is 0.826. The zero-order chi connectivity index (χ0) is 7.84. The normalized spacial score (nSPS) is 13.5. The molecular weight excluding hydrogens is 148 g/mol. The van der Waals surface area contributed by atoms with Crippen LogP contribution in [-0.4, -0.2) is 17.0 Å². The molecule has 1 aliphatic heterocycles. The third kappa shape index (κ3) is 0.756. The van der Waals surface area contributed by atoms with Gasteiger partial charge in [-0.15, -0.1) is 0 Å². The lowest BCUT2D eigenvalue weighted by atomic mass is 10.3. The van der Waals surface area contributed by atoms with Gasteiger partial charge >= 0.3 is 0 Å². The predicted molar refractivity (Wildman–Crippen MR) is 35.9 cm³/mol. The third-order valence-electron chi connectivity index (χ3n) is 1.49. The van der Waals surface area contributed by atoms with Crippen LogP contribution in [0.15, 0.2) is 12.1 Å². The summed E-state index contributed by atoms with van der Waals surface area (Å²) in [5.41, 5.74) is 0. The van der Waals surface area contributed by atoms with Crippen molar-refractivity contribution in [2.75, 3.05) is 6.79 Å². The second kappa shape index (κ2) is 1.95. The van der Waals surface area contributed by atoms with E-state index in [1.54, 1.807) is 0 Å². The van der Waals surface area contributed by atoms with Crippen LogP contribution >= 0.6 is 0 Å². The van der Waals surface area contributed by atoms with Crippen LogP contribution in [0.5, 0.6) is 23.0 Å². The van der Waals surface area contributed by atoms with E-state index in [-0.39, 0.29) is 24.0 Å². The van der Waals surface area contributed by atoms with Crippen molar-refractivity contribution < 1.29 is 19.7 Å². The van der Waals surface area contributed by atoms with Gasteiger partial charge in [0.25, 0.3) is 0 Å². The topological polar surface area (TPSA) is 58.9 Å².